The van der Waals surface area contributed by atoms with E-state index >= 15 is 0 Å². The number of ether oxygens (including phenoxy) is 1. The highest BCUT2D eigenvalue weighted by molar-refractivity contribution is 6.83. The van der Waals surface area contributed by atoms with Crippen LogP contribution in [0.4, 0.5) is 0 Å². The van der Waals surface area contributed by atoms with Gasteiger partial charge in [0.25, 0.3) is 5.91 Å². The van der Waals surface area contributed by atoms with Gasteiger partial charge in [-0.1, -0.05) is 57.0 Å². The van der Waals surface area contributed by atoms with Crippen LogP contribution in [-0.4, -0.2) is 26.0 Å². The van der Waals surface area contributed by atoms with Gasteiger partial charge in [0.2, 0.25) is 0 Å². The fraction of sp³-hybridized carbons (Fsp3) is 0.444. The SMILES string of the molecule is COc1ccc(CN2C(=O)c3c(C)cc(C#C[Si](C)(C)C)cc3C23CCCCC3)cc1. The van der Waals surface area contributed by atoms with E-state index in [2.05, 4.69) is 67.2 Å². The van der Waals surface area contributed by atoms with Crippen molar-refractivity contribution in [2.75, 3.05) is 7.11 Å². The van der Waals surface area contributed by atoms with Gasteiger partial charge < -0.3 is 9.64 Å². The monoisotopic (exact) mass is 431 g/mol. The number of rotatable bonds is 3. The molecule has 0 bridgehead atoms. The van der Waals surface area contributed by atoms with Crippen LogP contribution in [-0.2, 0) is 12.1 Å². The molecule has 0 unspecified atom stereocenters. The average Bonchev–Trinajstić information content (AvgIpc) is 2.96. The standard InChI is InChI=1S/C27H33NO2Si/c1-20-17-22(13-16-31(3,4)5)18-24-25(20)26(29)28(27(24)14-7-6-8-15-27)19-21-9-11-23(30-2)12-10-21/h9-12,17-18H,6-8,14-15,19H2,1-5H3. The molecule has 1 fully saturated rings. The van der Waals surface area contributed by atoms with Gasteiger partial charge in [-0.3, -0.25) is 4.79 Å². The Morgan fingerprint density at radius 3 is 2.35 bits per heavy atom. The molecule has 1 aliphatic heterocycles. The van der Waals surface area contributed by atoms with Crippen molar-refractivity contribution in [3.63, 3.8) is 0 Å². The fourth-order valence-corrected chi connectivity index (χ4v) is 5.58. The summed E-state index contributed by atoms with van der Waals surface area (Å²) < 4.78 is 5.31. The van der Waals surface area contributed by atoms with Crippen molar-refractivity contribution in [3.05, 3.63) is 64.2 Å². The summed E-state index contributed by atoms with van der Waals surface area (Å²) in [6.45, 7) is 9.51. The predicted octanol–water partition coefficient (Wildman–Crippen LogP) is 6.05. The van der Waals surface area contributed by atoms with Gasteiger partial charge in [-0.15, -0.1) is 5.54 Å². The Morgan fingerprint density at radius 2 is 1.74 bits per heavy atom. The summed E-state index contributed by atoms with van der Waals surface area (Å²) >= 11 is 0. The van der Waals surface area contributed by atoms with Crippen molar-refractivity contribution in [1.82, 2.24) is 4.90 Å². The molecule has 1 saturated carbocycles. The van der Waals surface area contributed by atoms with Gasteiger partial charge in [0.1, 0.15) is 13.8 Å². The Bertz CT molecular complexity index is 1050. The summed E-state index contributed by atoms with van der Waals surface area (Å²) in [4.78, 5) is 15.9. The molecule has 31 heavy (non-hydrogen) atoms. The second-order valence-corrected chi connectivity index (χ2v) is 14.8. The lowest BCUT2D eigenvalue weighted by Crippen LogP contribution is -2.44. The highest BCUT2D eigenvalue weighted by Gasteiger charge is 2.50. The highest BCUT2D eigenvalue weighted by Crippen LogP contribution is 2.50. The normalized spacial score (nSPS) is 17.3. The van der Waals surface area contributed by atoms with Crippen LogP contribution in [0.3, 0.4) is 0 Å². The van der Waals surface area contributed by atoms with Gasteiger partial charge in [0.05, 0.1) is 12.6 Å². The molecule has 1 spiro atoms. The molecule has 0 radical (unpaired) electrons. The fourth-order valence-electron chi connectivity index (χ4n) is 5.06. The number of benzene rings is 2. The van der Waals surface area contributed by atoms with Crippen molar-refractivity contribution in [3.8, 4) is 17.2 Å². The molecule has 2 aliphatic rings. The van der Waals surface area contributed by atoms with Gasteiger partial charge in [-0.2, -0.15) is 0 Å². The predicted molar refractivity (Wildman–Crippen MR) is 129 cm³/mol. The van der Waals surface area contributed by atoms with Gasteiger partial charge >= 0.3 is 0 Å². The molecule has 3 nitrogen and oxygen atoms in total. The van der Waals surface area contributed by atoms with E-state index in [1.165, 1.54) is 12.0 Å². The number of nitrogens with zero attached hydrogens (tertiary/aromatic N) is 1. The molecule has 162 valence electrons. The lowest BCUT2D eigenvalue weighted by atomic mass is 9.75. The van der Waals surface area contributed by atoms with Crippen molar-refractivity contribution in [1.29, 1.82) is 0 Å². The summed E-state index contributed by atoms with van der Waals surface area (Å²) in [5.41, 5.74) is 8.68. The van der Waals surface area contributed by atoms with E-state index in [1.807, 2.05) is 12.1 Å². The highest BCUT2D eigenvalue weighted by atomic mass is 28.3. The van der Waals surface area contributed by atoms with Crippen LogP contribution in [0.5, 0.6) is 5.75 Å². The Hall–Kier alpha value is -2.51. The summed E-state index contributed by atoms with van der Waals surface area (Å²) in [6.07, 6.45) is 5.64. The van der Waals surface area contributed by atoms with E-state index in [0.717, 1.165) is 53.7 Å². The Morgan fingerprint density at radius 1 is 1.06 bits per heavy atom. The molecule has 4 rings (SSSR count). The number of hydrogen-bond donors (Lipinski definition) is 0. The largest absolute Gasteiger partial charge is 0.497 e. The van der Waals surface area contributed by atoms with Gasteiger partial charge in [-0.05, 0) is 60.7 Å². The zero-order chi connectivity index (χ0) is 22.2. The summed E-state index contributed by atoms with van der Waals surface area (Å²) in [7, 11) is 0.213. The number of carbonyl (C=O) groups is 1. The minimum Gasteiger partial charge on any atom is -0.497 e. The Kier molecular flexibility index (Phi) is 5.74. The topological polar surface area (TPSA) is 29.5 Å². The quantitative estimate of drug-likeness (QED) is 0.437. The number of amides is 1. The number of hydrogen-bond acceptors (Lipinski definition) is 2. The van der Waals surface area contributed by atoms with E-state index in [0.29, 0.717) is 6.54 Å². The van der Waals surface area contributed by atoms with Crippen molar-refractivity contribution in [2.45, 2.75) is 70.8 Å². The Labute approximate surface area is 187 Å². The van der Waals surface area contributed by atoms with Crippen LogP contribution >= 0.6 is 0 Å². The van der Waals surface area contributed by atoms with Crippen LogP contribution in [0.1, 0.15) is 64.7 Å². The van der Waals surface area contributed by atoms with E-state index in [4.69, 9.17) is 4.74 Å². The molecule has 0 aromatic heterocycles. The second kappa shape index (κ2) is 8.20. The number of fused-ring (bicyclic) bond motifs is 2. The molecule has 0 N–H and O–H groups in total. The van der Waals surface area contributed by atoms with E-state index in [1.54, 1.807) is 7.11 Å². The Balaban J connectivity index is 1.78. The lowest BCUT2D eigenvalue weighted by Gasteiger charge is -2.42. The van der Waals surface area contributed by atoms with Crippen LogP contribution in [0, 0.1) is 18.4 Å². The van der Waals surface area contributed by atoms with Gasteiger partial charge in [-0.25, -0.2) is 0 Å². The molecule has 2 aromatic carbocycles. The second-order valence-electron chi connectivity index (χ2n) is 10.0. The third kappa shape index (κ3) is 4.16. The zero-order valence-electron chi connectivity index (χ0n) is 19.5. The van der Waals surface area contributed by atoms with E-state index < -0.39 is 8.07 Å². The molecule has 0 atom stereocenters. The molecule has 4 heteroatoms. The first kappa shape index (κ1) is 21.7. The molecule has 1 aliphatic carbocycles. The van der Waals surface area contributed by atoms with Crippen molar-refractivity contribution in [2.24, 2.45) is 0 Å². The first-order chi connectivity index (χ1) is 14.7. The maximum Gasteiger partial charge on any atom is 0.255 e. The number of carbonyl (C=O) groups excluding carboxylic acids is 1. The number of methoxy groups -OCH3 is 1. The molecule has 1 heterocycles. The first-order valence-corrected chi connectivity index (χ1v) is 14.9. The van der Waals surface area contributed by atoms with Crippen LogP contribution in [0.25, 0.3) is 0 Å². The average molecular weight is 432 g/mol. The maximum atomic E-state index is 13.7. The lowest BCUT2D eigenvalue weighted by molar-refractivity contribution is 0.0386. The summed E-state index contributed by atoms with van der Waals surface area (Å²) in [5, 5.41) is 0. The zero-order valence-corrected chi connectivity index (χ0v) is 20.5. The third-order valence-corrected chi connectivity index (χ3v) is 7.45. The van der Waals surface area contributed by atoms with Crippen LogP contribution in [0.2, 0.25) is 19.6 Å². The van der Waals surface area contributed by atoms with E-state index in [-0.39, 0.29) is 11.4 Å². The summed E-state index contributed by atoms with van der Waals surface area (Å²) in [5.74, 6) is 4.45. The number of aryl methyl sites for hydroxylation is 1. The molecule has 1 amide bonds. The van der Waals surface area contributed by atoms with Crippen LogP contribution < -0.4 is 4.74 Å². The summed E-state index contributed by atoms with van der Waals surface area (Å²) in [6, 6.07) is 12.4. The van der Waals surface area contributed by atoms with Crippen molar-refractivity contribution >= 4 is 14.0 Å². The maximum absolute atomic E-state index is 13.7. The van der Waals surface area contributed by atoms with Crippen LogP contribution in [0.15, 0.2) is 36.4 Å². The smallest absolute Gasteiger partial charge is 0.255 e. The molecule has 0 saturated heterocycles. The minimum atomic E-state index is -1.47. The minimum absolute atomic E-state index is 0.176. The first-order valence-electron chi connectivity index (χ1n) is 11.4. The van der Waals surface area contributed by atoms with Gasteiger partial charge in [0, 0.05) is 17.7 Å². The molecular weight excluding hydrogens is 398 g/mol. The van der Waals surface area contributed by atoms with Crippen molar-refractivity contribution < 1.29 is 9.53 Å². The molecule has 2 aromatic rings. The van der Waals surface area contributed by atoms with Gasteiger partial charge in [0.15, 0.2) is 0 Å². The third-order valence-electron chi connectivity index (χ3n) is 6.57. The molecular formula is C27H33NO2Si. The van der Waals surface area contributed by atoms with E-state index in [9.17, 15) is 4.79 Å².